The molecule has 148 valence electrons. The predicted molar refractivity (Wildman–Crippen MR) is 104 cm³/mol. The summed E-state index contributed by atoms with van der Waals surface area (Å²) in [6.45, 7) is 3.64. The second-order valence-corrected chi connectivity index (χ2v) is 7.50. The Morgan fingerprint density at radius 3 is 2.52 bits per heavy atom. The number of aliphatic hydroxyl groups excluding tert-OH is 1. The Morgan fingerprint density at radius 2 is 1.93 bits per heavy atom. The van der Waals surface area contributed by atoms with Crippen molar-refractivity contribution in [3.63, 3.8) is 0 Å². The summed E-state index contributed by atoms with van der Waals surface area (Å²) in [6.07, 6.45) is 0.627. The molecule has 1 aromatic carbocycles. The summed E-state index contributed by atoms with van der Waals surface area (Å²) in [5.41, 5.74) is 0.0633. The molecule has 1 amide bonds. The number of hydrogen-bond acceptors (Lipinski definition) is 7. The number of Topliss-reactive ketones (excluding diaryl/α,β-unsaturated/α-hetero) is 1. The van der Waals surface area contributed by atoms with Gasteiger partial charge in [0.15, 0.2) is 0 Å². The fourth-order valence-corrected chi connectivity index (χ4v) is 3.95. The second kappa shape index (κ2) is 7.25. The number of nitrogens with zero attached hydrogens (tertiary/aromatic N) is 3. The average Bonchev–Trinajstić information content (AvgIpc) is 3.41. The van der Waals surface area contributed by atoms with Crippen LogP contribution in [0.25, 0.3) is 5.76 Å². The zero-order chi connectivity index (χ0) is 20.7. The van der Waals surface area contributed by atoms with Gasteiger partial charge in [0.1, 0.15) is 34.1 Å². The van der Waals surface area contributed by atoms with Crippen molar-refractivity contribution in [3.05, 3.63) is 69.9 Å². The molecule has 1 atom stereocenters. The maximum absolute atomic E-state index is 13.3. The van der Waals surface area contributed by atoms with Gasteiger partial charge in [-0.25, -0.2) is 4.39 Å². The van der Waals surface area contributed by atoms with E-state index >= 15 is 0 Å². The minimum absolute atomic E-state index is 0.149. The Hall–Kier alpha value is -3.33. The first kappa shape index (κ1) is 19.0. The molecule has 3 aromatic rings. The van der Waals surface area contributed by atoms with E-state index in [-0.39, 0.29) is 16.3 Å². The Bertz CT molecular complexity index is 1130. The summed E-state index contributed by atoms with van der Waals surface area (Å²) in [4.78, 5) is 26.9. The van der Waals surface area contributed by atoms with Gasteiger partial charge in [-0.2, -0.15) is 0 Å². The highest BCUT2D eigenvalue weighted by molar-refractivity contribution is 7.15. The first-order valence-corrected chi connectivity index (χ1v) is 9.68. The van der Waals surface area contributed by atoms with Crippen LogP contribution >= 0.6 is 11.3 Å². The summed E-state index contributed by atoms with van der Waals surface area (Å²) in [5.74, 6) is -1.73. The summed E-state index contributed by atoms with van der Waals surface area (Å²) >= 11 is 1.19. The lowest BCUT2D eigenvalue weighted by Crippen LogP contribution is -2.29. The monoisotopic (exact) mass is 413 g/mol. The maximum atomic E-state index is 13.3. The van der Waals surface area contributed by atoms with Gasteiger partial charge >= 0.3 is 5.91 Å². The van der Waals surface area contributed by atoms with Crippen molar-refractivity contribution in [3.8, 4) is 0 Å². The van der Waals surface area contributed by atoms with Crippen LogP contribution in [0.15, 0.2) is 46.4 Å². The van der Waals surface area contributed by atoms with Crippen molar-refractivity contribution >= 4 is 33.9 Å². The van der Waals surface area contributed by atoms with Crippen LogP contribution in [0.2, 0.25) is 0 Å². The van der Waals surface area contributed by atoms with Gasteiger partial charge in [0, 0.05) is 5.56 Å². The molecule has 7 nitrogen and oxygen atoms in total. The number of halogens is 1. The Morgan fingerprint density at radius 1 is 1.21 bits per heavy atom. The fourth-order valence-electron chi connectivity index (χ4n) is 3.15. The molecule has 3 heterocycles. The van der Waals surface area contributed by atoms with E-state index in [1.807, 2.05) is 6.92 Å². The summed E-state index contributed by atoms with van der Waals surface area (Å²) in [5, 5.41) is 19.8. The number of rotatable bonds is 4. The molecule has 0 radical (unpaired) electrons. The number of benzene rings is 1. The van der Waals surface area contributed by atoms with Gasteiger partial charge in [-0.1, -0.05) is 18.3 Å². The van der Waals surface area contributed by atoms with Crippen molar-refractivity contribution in [2.75, 3.05) is 4.90 Å². The minimum atomic E-state index is -1.01. The van der Waals surface area contributed by atoms with Crippen LogP contribution in [0.3, 0.4) is 0 Å². The van der Waals surface area contributed by atoms with E-state index in [0.29, 0.717) is 22.9 Å². The van der Waals surface area contributed by atoms with Crippen LogP contribution in [0.1, 0.15) is 35.1 Å². The zero-order valence-electron chi connectivity index (χ0n) is 15.5. The van der Waals surface area contributed by atoms with Gasteiger partial charge in [-0.3, -0.25) is 14.5 Å². The molecule has 1 aliphatic rings. The topological polar surface area (TPSA) is 96.5 Å². The fraction of sp³-hybridized carbons (Fsp3) is 0.200. The van der Waals surface area contributed by atoms with E-state index in [2.05, 4.69) is 10.2 Å². The van der Waals surface area contributed by atoms with Gasteiger partial charge in [0.05, 0.1) is 5.57 Å². The predicted octanol–water partition coefficient (Wildman–Crippen LogP) is 3.77. The van der Waals surface area contributed by atoms with Gasteiger partial charge in [-0.05, 0) is 49.7 Å². The number of carbonyl (C=O) groups excluding carboxylic acids is 2. The van der Waals surface area contributed by atoms with Gasteiger partial charge in [0.25, 0.3) is 5.78 Å². The molecule has 2 aromatic heterocycles. The van der Waals surface area contributed by atoms with Crippen LogP contribution in [0.5, 0.6) is 0 Å². The third kappa shape index (κ3) is 3.23. The molecular formula is C20H16FN3O4S. The normalized spacial score (nSPS) is 18.6. The Kier molecular flexibility index (Phi) is 4.75. The van der Waals surface area contributed by atoms with E-state index in [9.17, 15) is 19.1 Å². The molecule has 0 aliphatic carbocycles. The molecule has 29 heavy (non-hydrogen) atoms. The first-order chi connectivity index (χ1) is 13.9. The quantitative estimate of drug-likeness (QED) is 0.397. The summed E-state index contributed by atoms with van der Waals surface area (Å²) in [6, 6.07) is 7.33. The molecule has 1 saturated heterocycles. The standard InChI is InChI=1S/C20H16FN3O4S/c1-3-14-22-23-20(29-14)24-16(13-9-4-10(2)28-13)15(18(26)19(24)27)17(25)11-5-7-12(21)8-6-11/h4-9,16,25H,3H2,1-2H3/b17-15+. The summed E-state index contributed by atoms with van der Waals surface area (Å²) < 4.78 is 19.0. The highest BCUT2D eigenvalue weighted by Gasteiger charge is 2.49. The van der Waals surface area contributed by atoms with E-state index in [1.54, 1.807) is 19.1 Å². The van der Waals surface area contributed by atoms with Crippen molar-refractivity contribution in [1.82, 2.24) is 10.2 Å². The van der Waals surface area contributed by atoms with Gasteiger partial charge in [0.2, 0.25) is 5.13 Å². The number of amides is 1. The van der Waals surface area contributed by atoms with E-state index in [4.69, 9.17) is 4.42 Å². The number of aromatic nitrogens is 2. The van der Waals surface area contributed by atoms with Crippen LogP contribution in [-0.4, -0.2) is 27.0 Å². The molecule has 0 bridgehead atoms. The number of aliphatic hydroxyl groups is 1. The van der Waals surface area contributed by atoms with Crippen molar-refractivity contribution in [2.24, 2.45) is 0 Å². The molecule has 1 unspecified atom stereocenters. The maximum Gasteiger partial charge on any atom is 0.302 e. The molecular weight excluding hydrogens is 397 g/mol. The number of carbonyl (C=O) groups is 2. The number of ketones is 1. The highest BCUT2D eigenvalue weighted by atomic mass is 32.1. The molecule has 0 saturated carbocycles. The third-order valence-electron chi connectivity index (χ3n) is 4.56. The van der Waals surface area contributed by atoms with E-state index in [0.717, 1.165) is 12.1 Å². The van der Waals surface area contributed by atoms with E-state index in [1.165, 1.54) is 28.4 Å². The molecule has 0 spiro atoms. The minimum Gasteiger partial charge on any atom is -0.507 e. The molecule has 9 heteroatoms. The van der Waals surface area contributed by atoms with Crippen LogP contribution in [0, 0.1) is 12.7 Å². The number of anilines is 1. The number of furan rings is 1. The Labute approximate surface area is 169 Å². The third-order valence-corrected chi connectivity index (χ3v) is 5.62. The average molecular weight is 413 g/mol. The SMILES string of the molecule is CCc1nnc(N2C(=O)C(=O)/C(=C(/O)c3ccc(F)cc3)C2c2ccc(C)o2)s1. The smallest absolute Gasteiger partial charge is 0.302 e. The van der Waals surface area contributed by atoms with Crippen LogP contribution in [0.4, 0.5) is 9.52 Å². The van der Waals surface area contributed by atoms with E-state index < -0.39 is 29.3 Å². The van der Waals surface area contributed by atoms with Gasteiger partial charge in [-0.15, -0.1) is 10.2 Å². The molecule has 4 rings (SSSR count). The Balaban J connectivity index is 1.91. The lowest BCUT2D eigenvalue weighted by atomic mass is 9.99. The van der Waals surface area contributed by atoms with Crippen molar-refractivity contribution in [1.29, 1.82) is 0 Å². The highest BCUT2D eigenvalue weighted by Crippen LogP contribution is 2.43. The number of aryl methyl sites for hydroxylation is 2. The zero-order valence-corrected chi connectivity index (χ0v) is 16.4. The summed E-state index contributed by atoms with van der Waals surface area (Å²) in [7, 11) is 0. The number of hydrogen-bond donors (Lipinski definition) is 1. The largest absolute Gasteiger partial charge is 0.507 e. The second-order valence-electron chi connectivity index (χ2n) is 6.46. The van der Waals surface area contributed by atoms with Crippen LogP contribution < -0.4 is 4.90 Å². The lowest BCUT2D eigenvalue weighted by molar-refractivity contribution is -0.132. The molecule has 1 N–H and O–H groups in total. The van der Waals surface area contributed by atoms with Crippen molar-refractivity contribution < 1.29 is 23.5 Å². The lowest BCUT2D eigenvalue weighted by Gasteiger charge is -2.20. The van der Waals surface area contributed by atoms with Crippen LogP contribution in [-0.2, 0) is 16.0 Å². The molecule has 1 aliphatic heterocycles. The van der Waals surface area contributed by atoms with Gasteiger partial charge < -0.3 is 9.52 Å². The molecule has 1 fully saturated rings. The first-order valence-electron chi connectivity index (χ1n) is 8.86. The van der Waals surface area contributed by atoms with Crippen molar-refractivity contribution in [2.45, 2.75) is 26.3 Å².